The first kappa shape index (κ1) is 18.6. The molecule has 0 aliphatic heterocycles. The molecule has 0 bridgehead atoms. The molecule has 2 aromatic carbocycles. The Labute approximate surface area is 167 Å². The number of rotatable bonds is 6. The predicted molar refractivity (Wildman–Crippen MR) is 107 cm³/mol. The van der Waals surface area contributed by atoms with Crippen molar-refractivity contribution in [3.8, 4) is 11.3 Å². The highest BCUT2D eigenvalue weighted by Gasteiger charge is 2.18. The summed E-state index contributed by atoms with van der Waals surface area (Å²) in [6, 6.07) is 17.5. The molecule has 6 nitrogen and oxygen atoms in total. The first-order chi connectivity index (χ1) is 14.1. The number of carbonyl (C=O) groups excluding carboxylic acids is 1. The number of benzene rings is 2. The Morgan fingerprint density at radius 3 is 2.66 bits per heavy atom. The van der Waals surface area contributed by atoms with E-state index in [9.17, 15) is 9.18 Å². The summed E-state index contributed by atoms with van der Waals surface area (Å²) in [5, 5.41) is 11.1. The fourth-order valence-electron chi connectivity index (χ4n) is 3.03. The zero-order valence-electron chi connectivity index (χ0n) is 15.8. The van der Waals surface area contributed by atoms with E-state index in [1.165, 1.54) is 12.1 Å². The van der Waals surface area contributed by atoms with E-state index in [0.29, 0.717) is 18.7 Å². The van der Waals surface area contributed by atoms with Crippen LogP contribution in [0.1, 0.15) is 28.7 Å². The van der Waals surface area contributed by atoms with Gasteiger partial charge < -0.3 is 9.84 Å². The molecule has 0 saturated carbocycles. The molecular formula is C22H19FN4O2. The average molecular weight is 390 g/mol. The lowest BCUT2D eigenvalue weighted by Gasteiger charge is -2.01. The predicted octanol–water partition coefficient (Wildman–Crippen LogP) is 4.54. The Hall–Kier alpha value is -3.74. The topological polar surface area (TPSA) is 73.0 Å². The van der Waals surface area contributed by atoms with E-state index in [1.807, 2.05) is 37.3 Å². The van der Waals surface area contributed by atoms with Crippen molar-refractivity contribution >= 4 is 11.6 Å². The van der Waals surface area contributed by atoms with Crippen LogP contribution in [0.3, 0.4) is 0 Å². The first-order valence-electron chi connectivity index (χ1n) is 9.27. The second kappa shape index (κ2) is 8.10. The smallest absolute Gasteiger partial charge is 0.277 e. The van der Waals surface area contributed by atoms with E-state index in [-0.39, 0.29) is 17.0 Å². The van der Waals surface area contributed by atoms with Gasteiger partial charge in [-0.3, -0.25) is 9.48 Å². The second-order valence-corrected chi connectivity index (χ2v) is 6.54. The van der Waals surface area contributed by atoms with Gasteiger partial charge in [-0.15, -0.1) is 0 Å². The third-order valence-corrected chi connectivity index (χ3v) is 4.49. The molecule has 29 heavy (non-hydrogen) atoms. The third kappa shape index (κ3) is 4.08. The minimum absolute atomic E-state index is 0.0705. The van der Waals surface area contributed by atoms with E-state index >= 15 is 0 Å². The third-order valence-electron chi connectivity index (χ3n) is 4.49. The van der Waals surface area contributed by atoms with Crippen molar-refractivity contribution in [1.82, 2.24) is 14.9 Å². The molecule has 1 N–H and O–H groups in total. The standard InChI is InChI=1S/C22H19FN4O2/c1-2-18-20(14-27(25-18)13-15-8-4-3-5-9-15)24-22(28)19-12-21(29-26-19)16-10-6-7-11-17(16)23/h3-12,14H,2,13H2,1H3,(H,24,28). The van der Waals surface area contributed by atoms with Gasteiger partial charge in [0.05, 0.1) is 23.5 Å². The SMILES string of the molecule is CCc1nn(Cc2ccccc2)cc1NC(=O)c1cc(-c2ccccc2F)on1. The minimum Gasteiger partial charge on any atom is -0.355 e. The molecule has 0 spiro atoms. The highest BCUT2D eigenvalue weighted by Crippen LogP contribution is 2.24. The van der Waals surface area contributed by atoms with Gasteiger partial charge in [-0.25, -0.2) is 4.39 Å². The van der Waals surface area contributed by atoms with Crippen LogP contribution < -0.4 is 5.32 Å². The number of aryl methyl sites for hydroxylation is 1. The van der Waals surface area contributed by atoms with Gasteiger partial charge >= 0.3 is 0 Å². The number of halogens is 1. The van der Waals surface area contributed by atoms with E-state index in [1.54, 1.807) is 29.1 Å². The molecule has 2 heterocycles. The largest absolute Gasteiger partial charge is 0.355 e. The molecule has 0 unspecified atom stereocenters. The molecule has 0 saturated heterocycles. The number of anilines is 1. The van der Waals surface area contributed by atoms with Gasteiger partial charge in [0.25, 0.3) is 5.91 Å². The fourth-order valence-corrected chi connectivity index (χ4v) is 3.03. The summed E-state index contributed by atoms with van der Waals surface area (Å²) < 4.78 is 20.9. The van der Waals surface area contributed by atoms with Crippen LogP contribution in [0.25, 0.3) is 11.3 Å². The summed E-state index contributed by atoms with van der Waals surface area (Å²) in [7, 11) is 0. The van der Waals surface area contributed by atoms with E-state index in [0.717, 1.165) is 11.3 Å². The maximum absolute atomic E-state index is 13.9. The Balaban J connectivity index is 1.52. The maximum atomic E-state index is 13.9. The highest BCUT2D eigenvalue weighted by molar-refractivity contribution is 6.03. The Morgan fingerprint density at radius 1 is 1.14 bits per heavy atom. The van der Waals surface area contributed by atoms with Crippen LogP contribution in [0, 0.1) is 5.82 Å². The van der Waals surface area contributed by atoms with Crippen molar-refractivity contribution in [2.45, 2.75) is 19.9 Å². The molecule has 4 aromatic rings. The molecule has 4 rings (SSSR count). The van der Waals surface area contributed by atoms with Crippen molar-refractivity contribution in [3.63, 3.8) is 0 Å². The summed E-state index contributed by atoms with van der Waals surface area (Å²) in [6.45, 7) is 2.57. The molecule has 0 aliphatic rings. The van der Waals surface area contributed by atoms with E-state index in [4.69, 9.17) is 4.52 Å². The number of aromatic nitrogens is 3. The molecule has 0 radical (unpaired) electrons. The molecule has 1 amide bonds. The van der Waals surface area contributed by atoms with Crippen molar-refractivity contribution in [2.24, 2.45) is 0 Å². The Bertz CT molecular complexity index is 1130. The quantitative estimate of drug-likeness (QED) is 0.525. The van der Waals surface area contributed by atoms with Gasteiger partial charge in [-0.1, -0.05) is 54.5 Å². The lowest BCUT2D eigenvalue weighted by Crippen LogP contribution is -2.12. The summed E-state index contributed by atoms with van der Waals surface area (Å²) in [4.78, 5) is 12.6. The summed E-state index contributed by atoms with van der Waals surface area (Å²) >= 11 is 0. The number of amides is 1. The number of hydrogen-bond donors (Lipinski definition) is 1. The zero-order chi connectivity index (χ0) is 20.2. The maximum Gasteiger partial charge on any atom is 0.277 e. The summed E-state index contributed by atoms with van der Waals surface area (Å²) in [5.41, 5.74) is 2.82. The van der Waals surface area contributed by atoms with E-state index in [2.05, 4.69) is 15.6 Å². The van der Waals surface area contributed by atoms with Gasteiger partial charge in [0, 0.05) is 12.3 Å². The Kier molecular flexibility index (Phi) is 5.20. The molecule has 0 aliphatic carbocycles. The molecular weight excluding hydrogens is 371 g/mol. The molecule has 7 heteroatoms. The van der Waals surface area contributed by atoms with E-state index < -0.39 is 11.7 Å². The normalized spacial score (nSPS) is 10.8. The van der Waals surface area contributed by atoms with Gasteiger partial charge in [-0.2, -0.15) is 5.10 Å². The monoisotopic (exact) mass is 390 g/mol. The van der Waals surface area contributed by atoms with Crippen molar-refractivity contribution in [3.05, 3.63) is 89.6 Å². The fraction of sp³-hybridized carbons (Fsp3) is 0.136. The average Bonchev–Trinajstić information content (AvgIpc) is 3.36. The number of hydrogen-bond acceptors (Lipinski definition) is 4. The molecule has 0 fully saturated rings. The lowest BCUT2D eigenvalue weighted by atomic mass is 10.1. The van der Waals surface area contributed by atoms with Gasteiger partial charge in [-0.05, 0) is 24.1 Å². The van der Waals surface area contributed by atoms with Gasteiger partial charge in [0.1, 0.15) is 5.82 Å². The summed E-state index contributed by atoms with van der Waals surface area (Å²) in [6.07, 6.45) is 2.46. The number of nitrogens with one attached hydrogen (secondary N) is 1. The molecule has 0 atom stereocenters. The Morgan fingerprint density at radius 2 is 1.90 bits per heavy atom. The van der Waals surface area contributed by atoms with Crippen molar-refractivity contribution < 1.29 is 13.7 Å². The van der Waals surface area contributed by atoms with Gasteiger partial charge in [0.2, 0.25) is 0 Å². The van der Waals surface area contributed by atoms with Crippen LogP contribution in [0.15, 0.2) is 71.4 Å². The van der Waals surface area contributed by atoms with Crippen LogP contribution >= 0.6 is 0 Å². The van der Waals surface area contributed by atoms with Crippen LogP contribution in [-0.2, 0) is 13.0 Å². The minimum atomic E-state index is -0.440. The highest BCUT2D eigenvalue weighted by atomic mass is 19.1. The van der Waals surface area contributed by atoms with Crippen LogP contribution in [-0.4, -0.2) is 20.8 Å². The lowest BCUT2D eigenvalue weighted by molar-refractivity contribution is 0.101. The summed E-state index contributed by atoms with van der Waals surface area (Å²) in [5.74, 6) is -0.680. The second-order valence-electron chi connectivity index (χ2n) is 6.54. The molecule has 2 aromatic heterocycles. The van der Waals surface area contributed by atoms with Crippen LogP contribution in [0.5, 0.6) is 0 Å². The van der Waals surface area contributed by atoms with Crippen molar-refractivity contribution in [1.29, 1.82) is 0 Å². The number of carbonyl (C=O) groups is 1. The van der Waals surface area contributed by atoms with Gasteiger partial charge in [0.15, 0.2) is 11.5 Å². The van der Waals surface area contributed by atoms with Crippen LogP contribution in [0.2, 0.25) is 0 Å². The van der Waals surface area contributed by atoms with Crippen molar-refractivity contribution in [2.75, 3.05) is 5.32 Å². The van der Waals surface area contributed by atoms with Crippen LogP contribution in [0.4, 0.5) is 10.1 Å². The zero-order valence-corrected chi connectivity index (χ0v) is 15.8. The number of nitrogens with zero attached hydrogens (tertiary/aromatic N) is 3. The first-order valence-corrected chi connectivity index (χ1v) is 9.27. The molecule has 146 valence electrons.